The SMILES string of the molecule is Cc1ccc(S(=O)(=O)NC2CCC(C)(C)C2)c(Cl)c1. The number of halogens is 1. The van der Waals surface area contributed by atoms with Crippen molar-refractivity contribution in [3.8, 4) is 0 Å². The van der Waals surface area contributed by atoms with E-state index in [1.807, 2.05) is 6.92 Å². The summed E-state index contributed by atoms with van der Waals surface area (Å²) in [5.41, 5.74) is 1.16. The summed E-state index contributed by atoms with van der Waals surface area (Å²) < 4.78 is 27.4. The summed E-state index contributed by atoms with van der Waals surface area (Å²) in [5.74, 6) is 0. The first-order valence-corrected chi connectivity index (χ1v) is 8.34. The number of rotatable bonds is 3. The topological polar surface area (TPSA) is 46.2 Å². The van der Waals surface area contributed by atoms with Gasteiger partial charge in [-0.05, 0) is 49.3 Å². The van der Waals surface area contributed by atoms with Crippen molar-refractivity contribution in [2.24, 2.45) is 5.41 Å². The van der Waals surface area contributed by atoms with Gasteiger partial charge in [0.2, 0.25) is 10.0 Å². The van der Waals surface area contributed by atoms with Gasteiger partial charge in [0.05, 0.1) is 5.02 Å². The number of nitrogens with one attached hydrogen (secondary N) is 1. The Morgan fingerprint density at radius 1 is 1.37 bits per heavy atom. The Kier molecular flexibility index (Phi) is 3.96. The van der Waals surface area contributed by atoms with Crippen LogP contribution in [0, 0.1) is 12.3 Å². The molecular formula is C14H20ClNO2S. The van der Waals surface area contributed by atoms with Crippen LogP contribution in [0.2, 0.25) is 5.02 Å². The molecule has 1 N–H and O–H groups in total. The first-order valence-electron chi connectivity index (χ1n) is 6.48. The molecule has 1 aliphatic rings. The van der Waals surface area contributed by atoms with Gasteiger partial charge in [-0.2, -0.15) is 0 Å². The average Bonchev–Trinajstić information content (AvgIpc) is 2.56. The first kappa shape index (κ1) is 14.8. The Morgan fingerprint density at radius 2 is 2.05 bits per heavy atom. The van der Waals surface area contributed by atoms with E-state index in [1.54, 1.807) is 18.2 Å². The second-order valence-electron chi connectivity index (χ2n) is 6.16. The van der Waals surface area contributed by atoms with Crippen molar-refractivity contribution in [2.45, 2.75) is 51.0 Å². The van der Waals surface area contributed by atoms with Gasteiger partial charge in [-0.15, -0.1) is 0 Å². The van der Waals surface area contributed by atoms with Crippen molar-refractivity contribution >= 4 is 21.6 Å². The van der Waals surface area contributed by atoms with E-state index >= 15 is 0 Å². The molecule has 0 heterocycles. The van der Waals surface area contributed by atoms with Gasteiger partial charge in [-0.1, -0.05) is 31.5 Å². The van der Waals surface area contributed by atoms with Gasteiger partial charge in [-0.3, -0.25) is 0 Å². The number of hydrogen-bond acceptors (Lipinski definition) is 2. The molecule has 1 aliphatic carbocycles. The molecule has 0 amide bonds. The molecule has 1 fully saturated rings. The van der Waals surface area contributed by atoms with Crippen molar-refractivity contribution in [3.63, 3.8) is 0 Å². The fraction of sp³-hybridized carbons (Fsp3) is 0.571. The third-order valence-electron chi connectivity index (χ3n) is 3.67. The summed E-state index contributed by atoms with van der Waals surface area (Å²) in [7, 11) is -3.52. The first-order chi connectivity index (χ1) is 8.70. The molecule has 2 rings (SSSR count). The van der Waals surface area contributed by atoms with Gasteiger partial charge in [-0.25, -0.2) is 13.1 Å². The Bertz CT molecular complexity index is 581. The largest absolute Gasteiger partial charge is 0.242 e. The van der Waals surface area contributed by atoms with Crippen LogP contribution in [0.15, 0.2) is 23.1 Å². The lowest BCUT2D eigenvalue weighted by Crippen LogP contribution is -2.33. The molecule has 0 radical (unpaired) electrons. The monoisotopic (exact) mass is 301 g/mol. The van der Waals surface area contributed by atoms with Gasteiger partial charge in [0.15, 0.2) is 0 Å². The molecule has 0 aliphatic heterocycles. The van der Waals surface area contributed by atoms with Crippen LogP contribution in [0.1, 0.15) is 38.7 Å². The predicted octanol–water partition coefficient (Wildman–Crippen LogP) is 3.51. The van der Waals surface area contributed by atoms with Gasteiger partial charge < -0.3 is 0 Å². The van der Waals surface area contributed by atoms with E-state index in [0.717, 1.165) is 24.8 Å². The molecule has 0 bridgehead atoms. The molecule has 1 aromatic rings. The zero-order valence-corrected chi connectivity index (χ0v) is 13.1. The normalized spacial score (nSPS) is 22.6. The van der Waals surface area contributed by atoms with Gasteiger partial charge >= 0.3 is 0 Å². The smallest absolute Gasteiger partial charge is 0.208 e. The Hall–Kier alpha value is -0.580. The van der Waals surface area contributed by atoms with Gasteiger partial charge in [0.25, 0.3) is 0 Å². The van der Waals surface area contributed by atoms with E-state index in [1.165, 1.54) is 0 Å². The minimum atomic E-state index is -3.52. The van der Waals surface area contributed by atoms with E-state index in [4.69, 9.17) is 11.6 Å². The molecule has 1 aromatic carbocycles. The van der Waals surface area contributed by atoms with Crippen molar-refractivity contribution < 1.29 is 8.42 Å². The second kappa shape index (κ2) is 5.08. The summed E-state index contributed by atoms with van der Waals surface area (Å²) in [6, 6.07) is 5.02. The van der Waals surface area contributed by atoms with Crippen molar-refractivity contribution in [3.05, 3.63) is 28.8 Å². The fourth-order valence-electron chi connectivity index (χ4n) is 2.64. The number of aryl methyl sites for hydroxylation is 1. The molecular weight excluding hydrogens is 282 g/mol. The zero-order chi connectivity index (χ0) is 14.3. The summed E-state index contributed by atoms with van der Waals surface area (Å²) in [6.45, 7) is 6.22. The Morgan fingerprint density at radius 3 is 2.58 bits per heavy atom. The minimum absolute atomic E-state index is 0.0115. The second-order valence-corrected chi connectivity index (χ2v) is 8.25. The highest BCUT2D eigenvalue weighted by atomic mass is 35.5. The van der Waals surface area contributed by atoms with Gasteiger partial charge in [0.1, 0.15) is 4.90 Å². The van der Waals surface area contributed by atoms with E-state index in [-0.39, 0.29) is 21.4 Å². The maximum atomic E-state index is 12.3. The summed E-state index contributed by atoms with van der Waals surface area (Å²) in [5, 5.41) is 0.282. The van der Waals surface area contributed by atoms with Crippen molar-refractivity contribution in [1.29, 1.82) is 0 Å². The van der Waals surface area contributed by atoms with E-state index in [9.17, 15) is 8.42 Å². The van der Waals surface area contributed by atoms with Gasteiger partial charge in [0, 0.05) is 6.04 Å². The van der Waals surface area contributed by atoms with Crippen LogP contribution in [0.5, 0.6) is 0 Å². The third-order valence-corrected chi connectivity index (χ3v) is 5.67. The molecule has 0 saturated heterocycles. The highest BCUT2D eigenvalue weighted by Gasteiger charge is 2.33. The highest BCUT2D eigenvalue weighted by molar-refractivity contribution is 7.89. The van der Waals surface area contributed by atoms with Crippen LogP contribution < -0.4 is 4.72 Å². The van der Waals surface area contributed by atoms with E-state index in [0.29, 0.717) is 0 Å². The Balaban J connectivity index is 2.19. The maximum absolute atomic E-state index is 12.3. The van der Waals surface area contributed by atoms with Crippen molar-refractivity contribution in [2.75, 3.05) is 0 Å². The van der Waals surface area contributed by atoms with E-state index < -0.39 is 10.0 Å². The molecule has 19 heavy (non-hydrogen) atoms. The van der Waals surface area contributed by atoms with Crippen LogP contribution in [0.3, 0.4) is 0 Å². The maximum Gasteiger partial charge on any atom is 0.242 e. The third kappa shape index (κ3) is 3.50. The number of benzene rings is 1. The van der Waals surface area contributed by atoms with Crippen LogP contribution in [-0.2, 0) is 10.0 Å². The quantitative estimate of drug-likeness (QED) is 0.928. The van der Waals surface area contributed by atoms with Crippen LogP contribution in [0.25, 0.3) is 0 Å². The van der Waals surface area contributed by atoms with Crippen LogP contribution >= 0.6 is 11.6 Å². The molecule has 0 aromatic heterocycles. The number of sulfonamides is 1. The minimum Gasteiger partial charge on any atom is -0.208 e. The molecule has 1 saturated carbocycles. The summed E-state index contributed by atoms with van der Waals surface area (Å²) in [4.78, 5) is 0.171. The molecule has 106 valence electrons. The molecule has 5 heteroatoms. The molecule has 1 unspecified atom stereocenters. The lowest BCUT2D eigenvalue weighted by molar-refractivity contribution is 0.372. The van der Waals surface area contributed by atoms with E-state index in [2.05, 4.69) is 18.6 Å². The lowest BCUT2D eigenvalue weighted by atomic mass is 9.92. The van der Waals surface area contributed by atoms with Crippen LogP contribution in [0.4, 0.5) is 0 Å². The summed E-state index contributed by atoms with van der Waals surface area (Å²) >= 11 is 6.04. The molecule has 0 spiro atoms. The average molecular weight is 302 g/mol. The predicted molar refractivity (Wildman–Crippen MR) is 77.9 cm³/mol. The van der Waals surface area contributed by atoms with Crippen molar-refractivity contribution in [1.82, 2.24) is 4.72 Å². The molecule has 1 atom stereocenters. The molecule has 3 nitrogen and oxygen atoms in total. The number of hydrogen-bond donors (Lipinski definition) is 1. The summed E-state index contributed by atoms with van der Waals surface area (Å²) in [6.07, 6.45) is 2.80. The van der Waals surface area contributed by atoms with Crippen LogP contribution in [-0.4, -0.2) is 14.5 Å². The highest BCUT2D eigenvalue weighted by Crippen LogP contribution is 2.37. The Labute approximate surface area is 120 Å². The standard InChI is InChI=1S/C14H20ClNO2S/c1-10-4-5-13(12(15)8-10)19(17,18)16-11-6-7-14(2,3)9-11/h4-5,8,11,16H,6-7,9H2,1-3H3. The zero-order valence-electron chi connectivity index (χ0n) is 11.5. The fourth-order valence-corrected chi connectivity index (χ4v) is 4.51. The lowest BCUT2D eigenvalue weighted by Gasteiger charge is -2.18.